The normalized spacial score (nSPS) is 20.5. The van der Waals surface area contributed by atoms with Crippen molar-refractivity contribution in [3.63, 3.8) is 0 Å². The van der Waals surface area contributed by atoms with E-state index in [1.165, 1.54) is 6.07 Å². The molecule has 3 heterocycles. The highest BCUT2D eigenvalue weighted by Gasteiger charge is 2.38. The summed E-state index contributed by atoms with van der Waals surface area (Å²) in [5, 5.41) is 14.3. The maximum Gasteiger partial charge on any atom is 0.490 e. The third-order valence-electron chi connectivity index (χ3n) is 6.24. The summed E-state index contributed by atoms with van der Waals surface area (Å²) in [7, 11) is 0. The van der Waals surface area contributed by atoms with Gasteiger partial charge in [-0.1, -0.05) is 11.6 Å². The number of aliphatic carboxylic acids is 1. The van der Waals surface area contributed by atoms with Crippen LogP contribution in [0.2, 0.25) is 5.02 Å². The van der Waals surface area contributed by atoms with Crippen molar-refractivity contribution >= 4 is 29.2 Å². The molecule has 2 aromatic heterocycles. The van der Waals surface area contributed by atoms with Gasteiger partial charge in [0, 0.05) is 43.6 Å². The van der Waals surface area contributed by atoms with Gasteiger partial charge in [-0.05, 0) is 62.6 Å². The fraction of sp³-hybridized carbons (Fsp3) is 0.542. The Morgan fingerprint density at radius 1 is 1.14 bits per heavy atom. The minimum absolute atomic E-state index is 0.230. The van der Waals surface area contributed by atoms with Crippen LogP contribution in [0.25, 0.3) is 11.3 Å². The molecule has 0 bridgehead atoms. The molecule has 1 aliphatic heterocycles. The van der Waals surface area contributed by atoms with Gasteiger partial charge < -0.3 is 26.2 Å². The molecule has 8 nitrogen and oxygen atoms in total. The van der Waals surface area contributed by atoms with Gasteiger partial charge in [-0.15, -0.1) is 0 Å². The first kappa shape index (κ1) is 28.9. The SMILES string of the molecule is NC1CCC(Nc2cc(-c3nc(NCC4CCOCC4)ccc3F)c(Cl)cn2)CC1.O=C(O)C(F)(F)F. The van der Waals surface area contributed by atoms with Gasteiger partial charge in [0.15, 0.2) is 0 Å². The van der Waals surface area contributed by atoms with Crippen LogP contribution in [0, 0.1) is 11.7 Å². The van der Waals surface area contributed by atoms with Crippen molar-refractivity contribution in [3.8, 4) is 11.3 Å². The van der Waals surface area contributed by atoms with Gasteiger partial charge >= 0.3 is 12.1 Å². The Balaban J connectivity index is 0.000000479. The van der Waals surface area contributed by atoms with Crippen LogP contribution >= 0.6 is 11.6 Å². The average molecular weight is 548 g/mol. The van der Waals surface area contributed by atoms with Crippen molar-refractivity contribution in [2.75, 3.05) is 30.4 Å². The Bertz CT molecular complexity index is 1050. The second-order valence-electron chi connectivity index (χ2n) is 9.07. The quantitative estimate of drug-likeness (QED) is 0.369. The summed E-state index contributed by atoms with van der Waals surface area (Å²) >= 11 is 6.37. The van der Waals surface area contributed by atoms with Crippen LogP contribution in [-0.2, 0) is 9.53 Å². The van der Waals surface area contributed by atoms with Crippen LogP contribution in [0.3, 0.4) is 0 Å². The average Bonchev–Trinajstić information content (AvgIpc) is 2.86. The van der Waals surface area contributed by atoms with Crippen LogP contribution < -0.4 is 16.4 Å². The van der Waals surface area contributed by atoms with Crippen LogP contribution in [-0.4, -0.2) is 59.1 Å². The van der Waals surface area contributed by atoms with E-state index in [4.69, 9.17) is 32.0 Å². The highest BCUT2D eigenvalue weighted by molar-refractivity contribution is 6.33. The maximum atomic E-state index is 14.6. The number of anilines is 2. The van der Waals surface area contributed by atoms with E-state index in [1.807, 2.05) is 0 Å². The van der Waals surface area contributed by atoms with Crippen molar-refractivity contribution in [2.45, 2.75) is 56.8 Å². The zero-order valence-electron chi connectivity index (χ0n) is 20.0. The van der Waals surface area contributed by atoms with Gasteiger partial charge in [0.05, 0.1) is 5.02 Å². The van der Waals surface area contributed by atoms with Crippen LogP contribution in [0.5, 0.6) is 0 Å². The lowest BCUT2D eigenvalue weighted by Crippen LogP contribution is -2.33. The molecule has 2 aliphatic rings. The highest BCUT2D eigenvalue weighted by Crippen LogP contribution is 2.32. The van der Waals surface area contributed by atoms with Gasteiger partial charge in [0.1, 0.15) is 23.1 Å². The number of aromatic nitrogens is 2. The molecule has 4 rings (SSSR count). The van der Waals surface area contributed by atoms with E-state index in [2.05, 4.69) is 20.6 Å². The summed E-state index contributed by atoms with van der Waals surface area (Å²) in [5.74, 6) is -1.31. The Hall–Kier alpha value is -2.70. The predicted molar refractivity (Wildman–Crippen MR) is 132 cm³/mol. The third kappa shape index (κ3) is 8.97. The van der Waals surface area contributed by atoms with Gasteiger partial charge in [-0.3, -0.25) is 0 Å². The van der Waals surface area contributed by atoms with Gasteiger partial charge in [0.2, 0.25) is 0 Å². The number of pyridine rings is 2. The first-order chi connectivity index (χ1) is 17.5. The number of rotatable bonds is 6. The second-order valence-corrected chi connectivity index (χ2v) is 9.48. The molecule has 2 aromatic rings. The number of nitrogens with one attached hydrogen (secondary N) is 2. The molecular weight excluding hydrogens is 518 g/mol. The summed E-state index contributed by atoms with van der Waals surface area (Å²) in [6, 6.07) is 5.48. The summed E-state index contributed by atoms with van der Waals surface area (Å²) < 4.78 is 51.8. The molecule has 204 valence electrons. The minimum atomic E-state index is -5.08. The minimum Gasteiger partial charge on any atom is -0.475 e. The number of carboxylic acids is 1. The molecule has 2 fully saturated rings. The molecule has 0 spiro atoms. The second kappa shape index (κ2) is 13.2. The monoisotopic (exact) mass is 547 g/mol. The van der Waals surface area contributed by atoms with Crippen molar-refractivity contribution in [1.82, 2.24) is 9.97 Å². The van der Waals surface area contributed by atoms with Gasteiger partial charge in [-0.25, -0.2) is 19.2 Å². The van der Waals surface area contributed by atoms with E-state index in [0.717, 1.165) is 58.3 Å². The molecule has 1 saturated carbocycles. The number of ether oxygens (including phenoxy) is 1. The van der Waals surface area contributed by atoms with Crippen LogP contribution in [0.15, 0.2) is 24.4 Å². The molecule has 1 saturated heterocycles. The van der Waals surface area contributed by atoms with E-state index in [-0.39, 0.29) is 11.7 Å². The zero-order valence-corrected chi connectivity index (χ0v) is 20.8. The molecule has 5 N–H and O–H groups in total. The molecule has 37 heavy (non-hydrogen) atoms. The van der Waals surface area contributed by atoms with E-state index in [0.29, 0.717) is 34.2 Å². The molecule has 1 aliphatic carbocycles. The first-order valence-corrected chi connectivity index (χ1v) is 12.4. The molecule has 0 atom stereocenters. The number of nitrogens with zero attached hydrogens (tertiary/aromatic N) is 2. The van der Waals surface area contributed by atoms with Gasteiger partial charge in [-0.2, -0.15) is 13.2 Å². The fourth-order valence-electron chi connectivity index (χ4n) is 4.10. The lowest BCUT2D eigenvalue weighted by Gasteiger charge is -2.27. The van der Waals surface area contributed by atoms with E-state index >= 15 is 0 Å². The summed E-state index contributed by atoms with van der Waals surface area (Å²) in [6.45, 7) is 2.38. The Morgan fingerprint density at radius 3 is 2.41 bits per heavy atom. The lowest BCUT2D eigenvalue weighted by molar-refractivity contribution is -0.192. The topological polar surface area (TPSA) is 122 Å². The van der Waals surface area contributed by atoms with Crippen molar-refractivity contribution in [3.05, 3.63) is 35.2 Å². The fourth-order valence-corrected chi connectivity index (χ4v) is 4.29. The Morgan fingerprint density at radius 2 is 1.78 bits per heavy atom. The van der Waals surface area contributed by atoms with Gasteiger partial charge in [0.25, 0.3) is 0 Å². The lowest BCUT2D eigenvalue weighted by atomic mass is 9.92. The van der Waals surface area contributed by atoms with Crippen molar-refractivity contribution in [1.29, 1.82) is 0 Å². The molecule has 0 unspecified atom stereocenters. The molecule has 13 heteroatoms. The summed E-state index contributed by atoms with van der Waals surface area (Å²) in [6.07, 6.45) is 2.51. The predicted octanol–water partition coefficient (Wildman–Crippen LogP) is 5.09. The number of halogens is 5. The van der Waals surface area contributed by atoms with E-state index < -0.39 is 18.0 Å². The largest absolute Gasteiger partial charge is 0.490 e. The number of alkyl halides is 3. The van der Waals surface area contributed by atoms with E-state index in [9.17, 15) is 17.6 Å². The smallest absolute Gasteiger partial charge is 0.475 e. The van der Waals surface area contributed by atoms with Crippen molar-refractivity contribution < 1.29 is 32.2 Å². The molecule has 0 amide bonds. The number of nitrogens with two attached hydrogens (primary N) is 1. The van der Waals surface area contributed by atoms with Crippen LogP contribution in [0.1, 0.15) is 38.5 Å². The Kier molecular flexibility index (Phi) is 10.3. The summed E-state index contributed by atoms with van der Waals surface area (Å²) in [5.41, 5.74) is 6.76. The number of carbonyl (C=O) groups is 1. The standard InChI is InChI=1S/C22H29ClFN5O.C2HF3O2/c23-18-13-27-21(28-16-3-1-15(25)2-4-16)11-17(18)22-19(24)5-6-20(29-22)26-12-14-7-9-30-10-8-14;3-2(4,5)1(6)7/h5-6,11,13-16H,1-4,7-10,12,25H2,(H,26,29)(H,27,28);(H,6,7). The Labute approximate surface area is 217 Å². The van der Waals surface area contributed by atoms with Crippen LogP contribution in [0.4, 0.5) is 29.2 Å². The number of carboxylic acid groups (broad SMARTS) is 1. The maximum absolute atomic E-state index is 14.6. The first-order valence-electron chi connectivity index (χ1n) is 12.0. The third-order valence-corrected chi connectivity index (χ3v) is 6.54. The zero-order chi connectivity index (χ0) is 27.0. The molecule has 0 radical (unpaired) electrons. The molecule has 0 aromatic carbocycles. The van der Waals surface area contributed by atoms with Crippen molar-refractivity contribution in [2.24, 2.45) is 11.7 Å². The number of hydrogen-bond donors (Lipinski definition) is 4. The number of hydrogen-bond acceptors (Lipinski definition) is 7. The molecular formula is C24H30ClF4N5O3. The highest BCUT2D eigenvalue weighted by atomic mass is 35.5. The van der Waals surface area contributed by atoms with E-state index in [1.54, 1.807) is 18.3 Å². The summed E-state index contributed by atoms with van der Waals surface area (Å²) in [4.78, 5) is 17.8.